The van der Waals surface area contributed by atoms with Crippen LogP contribution < -0.4 is 19.2 Å². The van der Waals surface area contributed by atoms with Gasteiger partial charge < -0.3 is 9.47 Å². The smallest absolute Gasteiger partial charge is 0.289 e. The van der Waals surface area contributed by atoms with Crippen LogP contribution in [0.15, 0.2) is 81.2 Å². The predicted octanol–water partition coefficient (Wildman–Crippen LogP) is 3.72. The van der Waals surface area contributed by atoms with Gasteiger partial charge in [-0.25, -0.2) is 13.8 Å². The number of nitrogens with zero attached hydrogens (tertiary/aromatic N) is 3. The van der Waals surface area contributed by atoms with Crippen molar-refractivity contribution in [2.45, 2.75) is 4.90 Å². The number of nitro groups is 1. The van der Waals surface area contributed by atoms with Crippen LogP contribution in [0.1, 0.15) is 5.56 Å². The number of hydrogen-bond acceptors (Lipinski definition) is 8. The third-order valence-corrected chi connectivity index (χ3v) is 7.40. The first-order valence-corrected chi connectivity index (χ1v) is 12.5. The largest absolute Gasteiger partial charge is 0.497 e. The lowest BCUT2D eigenvalue weighted by molar-refractivity contribution is -0.387. The molecule has 1 amide bonds. The average Bonchev–Trinajstić information content (AvgIpc) is 2.88. The lowest BCUT2D eigenvalue weighted by atomic mass is 10.2. The van der Waals surface area contributed by atoms with Crippen LogP contribution in [-0.4, -0.2) is 46.2 Å². The number of carbonyl (C=O) groups excluding carboxylic acids is 1. The Hall–Kier alpha value is -3.97. The Morgan fingerprint density at radius 3 is 2.47 bits per heavy atom. The van der Waals surface area contributed by atoms with Gasteiger partial charge in [0.15, 0.2) is 4.90 Å². The van der Waals surface area contributed by atoms with Gasteiger partial charge in [0.25, 0.3) is 21.6 Å². The summed E-state index contributed by atoms with van der Waals surface area (Å²) >= 11 is 3.36. The number of rotatable bonds is 10. The Bertz CT molecular complexity index is 1410. The molecular formula is C23H21BrN4O7S. The normalized spacial score (nSPS) is 11.2. The zero-order valence-corrected chi connectivity index (χ0v) is 21.5. The van der Waals surface area contributed by atoms with Gasteiger partial charge in [0.05, 0.1) is 31.0 Å². The predicted molar refractivity (Wildman–Crippen MR) is 137 cm³/mol. The van der Waals surface area contributed by atoms with E-state index in [1.54, 1.807) is 18.2 Å². The van der Waals surface area contributed by atoms with E-state index in [9.17, 15) is 23.3 Å². The van der Waals surface area contributed by atoms with Gasteiger partial charge in [-0.15, -0.1) is 0 Å². The highest BCUT2D eigenvalue weighted by molar-refractivity contribution is 9.10. The third kappa shape index (κ3) is 5.98. The third-order valence-electron chi connectivity index (χ3n) is 4.87. The maximum atomic E-state index is 13.7. The quantitative estimate of drug-likeness (QED) is 0.220. The fourth-order valence-electron chi connectivity index (χ4n) is 3.15. The number of methoxy groups -OCH3 is 2. The van der Waals surface area contributed by atoms with Crippen molar-refractivity contribution in [1.29, 1.82) is 0 Å². The molecule has 3 aromatic carbocycles. The van der Waals surface area contributed by atoms with E-state index in [1.807, 2.05) is 6.07 Å². The molecule has 36 heavy (non-hydrogen) atoms. The number of anilines is 1. The van der Waals surface area contributed by atoms with Gasteiger partial charge in [0.2, 0.25) is 0 Å². The Kier molecular flexibility index (Phi) is 8.61. The molecular weight excluding hydrogens is 556 g/mol. The Morgan fingerprint density at radius 1 is 1.11 bits per heavy atom. The molecule has 0 spiro atoms. The van der Waals surface area contributed by atoms with Crippen LogP contribution in [0, 0.1) is 10.1 Å². The molecule has 3 aromatic rings. The lowest BCUT2D eigenvalue weighted by Crippen LogP contribution is -2.40. The summed E-state index contributed by atoms with van der Waals surface area (Å²) in [7, 11) is -1.87. The van der Waals surface area contributed by atoms with Gasteiger partial charge in [0, 0.05) is 22.2 Å². The molecule has 0 aromatic heterocycles. The first-order chi connectivity index (χ1) is 17.2. The van der Waals surface area contributed by atoms with Crippen LogP contribution in [0.3, 0.4) is 0 Å². The van der Waals surface area contributed by atoms with E-state index in [1.165, 1.54) is 50.8 Å². The molecule has 0 saturated carbocycles. The van der Waals surface area contributed by atoms with E-state index in [4.69, 9.17) is 9.47 Å². The molecule has 188 valence electrons. The first kappa shape index (κ1) is 26.6. The molecule has 0 bridgehead atoms. The number of carbonyl (C=O) groups is 1. The molecule has 1 N–H and O–H groups in total. The average molecular weight is 577 g/mol. The van der Waals surface area contributed by atoms with Gasteiger partial charge in [-0.3, -0.25) is 19.2 Å². The SMILES string of the molecule is COc1ccc(N(CC(=O)NN=Cc2ccccc2Br)S(=O)(=O)c2ccccc2[N+](=O)[O-])c(OC)c1. The molecule has 0 unspecified atom stereocenters. The number of benzene rings is 3. The number of ether oxygens (including phenoxy) is 2. The van der Waals surface area contributed by atoms with Crippen LogP contribution in [0.4, 0.5) is 11.4 Å². The highest BCUT2D eigenvalue weighted by Crippen LogP contribution is 2.37. The number of hydrazone groups is 1. The number of nitrogens with one attached hydrogen (secondary N) is 1. The molecule has 0 atom stereocenters. The number of halogens is 1. The minimum atomic E-state index is -4.61. The second-order valence-electron chi connectivity index (χ2n) is 7.09. The van der Waals surface area contributed by atoms with E-state index < -0.39 is 38.0 Å². The number of nitro benzene ring substituents is 1. The lowest BCUT2D eigenvalue weighted by Gasteiger charge is -2.25. The first-order valence-electron chi connectivity index (χ1n) is 10.2. The summed E-state index contributed by atoms with van der Waals surface area (Å²) in [4.78, 5) is 22.9. The Morgan fingerprint density at radius 2 is 1.81 bits per heavy atom. The monoisotopic (exact) mass is 576 g/mol. The summed E-state index contributed by atoms with van der Waals surface area (Å²) in [6, 6.07) is 16.3. The van der Waals surface area contributed by atoms with E-state index in [2.05, 4.69) is 26.5 Å². The Labute approximate surface area is 215 Å². The molecule has 0 aliphatic heterocycles. The van der Waals surface area contributed by atoms with Gasteiger partial charge in [-0.1, -0.05) is 46.3 Å². The van der Waals surface area contributed by atoms with Crippen LogP contribution in [-0.2, 0) is 14.8 Å². The van der Waals surface area contributed by atoms with Crippen molar-refractivity contribution in [3.63, 3.8) is 0 Å². The molecule has 0 fully saturated rings. The van der Waals surface area contributed by atoms with Crippen LogP contribution in [0.5, 0.6) is 11.5 Å². The van der Waals surface area contributed by atoms with Crippen molar-refractivity contribution < 1.29 is 27.6 Å². The standard InChI is InChI=1S/C23H21BrN4O7S/c1-34-17-11-12-19(21(13-17)35-2)27(36(32,33)22-10-6-5-9-20(22)28(30)31)15-23(29)26-25-14-16-7-3-4-8-18(16)24/h3-14H,15H2,1-2H3,(H,26,29). The summed E-state index contributed by atoms with van der Waals surface area (Å²) in [5, 5.41) is 15.4. The molecule has 3 rings (SSSR count). The molecule has 13 heteroatoms. The van der Waals surface area contributed by atoms with Crippen molar-refractivity contribution >= 4 is 49.4 Å². The fraction of sp³-hybridized carbons (Fsp3) is 0.130. The number of sulfonamides is 1. The van der Waals surface area contributed by atoms with E-state index in [0.717, 1.165) is 20.9 Å². The van der Waals surface area contributed by atoms with Crippen molar-refractivity contribution in [1.82, 2.24) is 5.43 Å². The summed E-state index contributed by atoms with van der Waals surface area (Å²) < 4.78 is 39.3. The minimum Gasteiger partial charge on any atom is -0.497 e. The molecule has 0 aliphatic carbocycles. The van der Waals surface area contributed by atoms with E-state index in [-0.39, 0.29) is 11.4 Å². The number of hydrogen-bond donors (Lipinski definition) is 1. The van der Waals surface area contributed by atoms with E-state index >= 15 is 0 Å². The van der Waals surface area contributed by atoms with Crippen LogP contribution in [0.2, 0.25) is 0 Å². The van der Waals surface area contributed by atoms with Crippen LogP contribution >= 0.6 is 15.9 Å². The van der Waals surface area contributed by atoms with Gasteiger partial charge in [0.1, 0.15) is 18.0 Å². The maximum absolute atomic E-state index is 13.7. The van der Waals surface area contributed by atoms with Gasteiger partial charge in [-0.2, -0.15) is 5.10 Å². The summed E-state index contributed by atoms with van der Waals surface area (Å²) in [6.45, 7) is -0.746. The zero-order valence-electron chi connectivity index (χ0n) is 19.1. The fourth-order valence-corrected chi connectivity index (χ4v) is 5.13. The molecule has 0 saturated heterocycles. The second-order valence-corrected chi connectivity index (χ2v) is 9.77. The summed E-state index contributed by atoms with van der Waals surface area (Å²) in [5.41, 5.74) is 2.30. The van der Waals surface area contributed by atoms with Crippen LogP contribution in [0.25, 0.3) is 0 Å². The van der Waals surface area contributed by atoms with Crippen molar-refractivity contribution in [3.05, 3.63) is 86.9 Å². The summed E-state index contributed by atoms with van der Waals surface area (Å²) in [6.07, 6.45) is 1.39. The number of para-hydroxylation sites is 1. The zero-order chi connectivity index (χ0) is 26.3. The highest BCUT2D eigenvalue weighted by atomic mass is 79.9. The minimum absolute atomic E-state index is 0.0265. The molecule has 11 nitrogen and oxygen atoms in total. The topological polar surface area (TPSA) is 140 Å². The van der Waals surface area contributed by atoms with E-state index in [0.29, 0.717) is 11.3 Å². The second kappa shape index (κ2) is 11.6. The van der Waals surface area contributed by atoms with Gasteiger partial charge >= 0.3 is 0 Å². The van der Waals surface area contributed by atoms with Gasteiger partial charge in [-0.05, 0) is 24.3 Å². The number of amides is 1. The molecule has 0 aliphatic rings. The summed E-state index contributed by atoms with van der Waals surface area (Å²) in [5.74, 6) is -0.347. The molecule has 0 radical (unpaired) electrons. The van der Waals surface area contributed by atoms with Crippen molar-refractivity contribution in [2.75, 3.05) is 25.1 Å². The Balaban J connectivity index is 2.02. The molecule has 0 heterocycles. The van der Waals surface area contributed by atoms with Crippen molar-refractivity contribution in [3.8, 4) is 11.5 Å². The van der Waals surface area contributed by atoms with Crippen molar-refractivity contribution in [2.24, 2.45) is 5.10 Å². The highest BCUT2D eigenvalue weighted by Gasteiger charge is 2.34. The maximum Gasteiger partial charge on any atom is 0.289 e.